The molecular formula is C14H26N2OS. The highest BCUT2D eigenvalue weighted by molar-refractivity contribution is 7.80. The van der Waals surface area contributed by atoms with E-state index in [2.05, 4.69) is 19.2 Å². The van der Waals surface area contributed by atoms with Crippen molar-refractivity contribution in [3.05, 3.63) is 0 Å². The Bertz CT molecular complexity index is 302. The average molecular weight is 270 g/mol. The van der Waals surface area contributed by atoms with Crippen LogP contribution in [-0.2, 0) is 4.79 Å². The molecule has 4 heteroatoms. The predicted molar refractivity (Wildman–Crippen MR) is 79.4 cm³/mol. The van der Waals surface area contributed by atoms with Gasteiger partial charge in [-0.25, -0.2) is 0 Å². The third kappa shape index (κ3) is 4.92. The topological polar surface area (TPSA) is 55.1 Å². The second-order valence-electron chi connectivity index (χ2n) is 6.00. The van der Waals surface area contributed by atoms with E-state index < -0.39 is 0 Å². The Morgan fingerprint density at radius 3 is 2.72 bits per heavy atom. The van der Waals surface area contributed by atoms with Crippen LogP contribution in [0.2, 0.25) is 0 Å². The summed E-state index contributed by atoms with van der Waals surface area (Å²) in [6, 6.07) is 0. The summed E-state index contributed by atoms with van der Waals surface area (Å²) in [6.07, 6.45) is 7.33. The maximum absolute atomic E-state index is 12.1. The number of nitrogens with one attached hydrogen (secondary N) is 1. The zero-order valence-corrected chi connectivity index (χ0v) is 12.4. The summed E-state index contributed by atoms with van der Waals surface area (Å²) in [6.45, 7) is 5.17. The monoisotopic (exact) mass is 270 g/mol. The summed E-state index contributed by atoms with van der Waals surface area (Å²) in [5, 5.41) is 3.06. The van der Waals surface area contributed by atoms with Crippen LogP contribution >= 0.6 is 12.2 Å². The van der Waals surface area contributed by atoms with Crippen LogP contribution in [0.3, 0.4) is 0 Å². The summed E-state index contributed by atoms with van der Waals surface area (Å²) in [5.74, 6) is 0.414. The van der Waals surface area contributed by atoms with Crippen molar-refractivity contribution in [2.45, 2.75) is 58.8 Å². The largest absolute Gasteiger partial charge is 0.393 e. The van der Waals surface area contributed by atoms with Gasteiger partial charge in [0.1, 0.15) is 0 Å². The molecule has 1 rings (SSSR count). The molecular weight excluding hydrogens is 244 g/mol. The third-order valence-corrected chi connectivity index (χ3v) is 4.18. The molecule has 0 aromatic rings. The van der Waals surface area contributed by atoms with Crippen molar-refractivity contribution in [3.63, 3.8) is 0 Å². The van der Waals surface area contributed by atoms with E-state index in [0.29, 0.717) is 4.99 Å². The predicted octanol–water partition coefficient (Wildman–Crippen LogP) is 2.78. The molecule has 18 heavy (non-hydrogen) atoms. The molecule has 0 aliphatic heterocycles. The molecule has 0 aromatic heterocycles. The van der Waals surface area contributed by atoms with Crippen LogP contribution < -0.4 is 11.1 Å². The van der Waals surface area contributed by atoms with Gasteiger partial charge in [-0.05, 0) is 37.5 Å². The minimum absolute atomic E-state index is 0.154. The van der Waals surface area contributed by atoms with Gasteiger partial charge in [0, 0.05) is 12.5 Å². The number of hydrogen-bond acceptors (Lipinski definition) is 2. The summed E-state index contributed by atoms with van der Waals surface area (Å²) in [7, 11) is 0. The Labute approximate surface area is 116 Å². The zero-order chi connectivity index (χ0) is 13.6. The fourth-order valence-electron chi connectivity index (χ4n) is 2.74. The fraction of sp³-hybridized carbons (Fsp3) is 0.857. The number of nitrogens with two attached hydrogens (primary N) is 1. The van der Waals surface area contributed by atoms with Crippen molar-refractivity contribution in [2.75, 3.05) is 6.54 Å². The normalized spacial score (nSPS) is 22.4. The Kier molecular flexibility index (Phi) is 6.06. The van der Waals surface area contributed by atoms with Gasteiger partial charge in [0.2, 0.25) is 5.91 Å². The second kappa shape index (κ2) is 7.07. The van der Waals surface area contributed by atoms with Gasteiger partial charge in [0.15, 0.2) is 0 Å². The Morgan fingerprint density at radius 1 is 1.39 bits per heavy atom. The van der Waals surface area contributed by atoms with Gasteiger partial charge in [-0.15, -0.1) is 0 Å². The van der Waals surface area contributed by atoms with Crippen molar-refractivity contribution in [2.24, 2.45) is 17.1 Å². The molecule has 1 atom stereocenters. The Morgan fingerprint density at radius 2 is 2.11 bits per heavy atom. The van der Waals surface area contributed by atoms with Gasteiger partial charge in [0.05, 0.1) is 4.99 Å². The molecule has 0 radical (unpaired) electrons. The number of amides is 1. The summed E-state index contributed by atoms with van der Waals surface area (Å²) in [4.78, 5) is 12.7. The van der Waals surface area contributed by atoms with Crippen molar-refractivity contribution in [1.82, 2.24) is 5.32 Å². The van der Waals surface area contributed by atoms with Gasteiger partial charge in [-0.3, -0.25) is 4.79 Å². The lowest BCUT2D eigenvalue weighted by Crippen LogP contribution is -2.41. The first-order chi connectivity index (χ1) is 8.43. The van der Waals surface area contributed by atoms with Crippen LogP contribution in [-0.4, -0.2) is 17.4 Å². The van der Waals surface area contributed by atoms with Gasteiger partial charge in [-0.1, -0.05) is 38.9 Å². The fourth-order valence-corrected chi connectivity index (χ4v) is 2.88. The van der Waals surface area contributed by atoms with Gasteiger partial charge < -0.3 is 11.1 Å². The van der Waals surface area contributed by atoms with E-state index in [0.717, 1.165) is 38.6 Å². The van der Waals surface area contributed by atoms with Crippen molar-refractivity contribution in [3.8, 4) is 0 Å². The number of hydrogen-bond donors (Lipinski definition) is 2. The first-order valence-electron chi connectivity index (χ1n) is 6.99. The molecule has 0 heterocycles. The molecule has 1 aliphatic rings. The maximum atomic E-state index is 12.1. The quantitative estimate of drug-likeness (QED) is 0.576. The van der Waals surface area contributed by atoms with E-state index in [1.165, 1.54) is 12.8 Å². The van der Waals surface area contributed by atoms with E-state index in [4.69, 9.17) is 18.0 Å². The van der Waals surface area contributed by atoms with Gasteiger partial charge in [-0.2, -0.15) is 0 Å². The van der Waals surface area contributed by atoms with Gasteiger partial charge >= 0.3 is 0 Å². The van der Waals surface area contributed by atoms with E-state index >= 15 is 0 Å². The molecule has 1 fully saturated rings. The summed E-state index contributed by atoms with van der Waals surface area (Å²) >= 11 is 4.82. The zero-order valence-electron chi connectivity index (χ0n) is 11.6. The first-order valence-corrected chi connectivity index (χ1v) is 7.40. The van der Waals surface area contributed by atoms with Crippen LogP contribution in [0.25, 0.3) is 0 Å². The smallest absolute Gasteiger partial charge is 0.223 e. The minimum atomic E-state index is 0.154. The molecule has 3 nitrogen and oxygen atoms in total. The van der Waals surface area contributed by atoms with Crippen LogP contribution in [0.15, 0.2) is 0 Å². The number of carbonyl (C=O) groups excluding carboxylic acids is 1. The second-order valence-corrected chi connectivity index (χ2v) is 6.53. The van der Waals surface area contributed by atoms with Gasteiger partial charge in [0.25, 0.3) is 0 Å². The molecule has 104 valence electrons. The molecule has 1 saturated carbocycles. The number of unbranched alkanes of at least 4 members (excludes halogenated alkanes) is 1. The van der Waals surface area contributed by atoms with Crippen molar-refractivity contribution >= 4 is 23.1 Å². The molecule has 1 aliphatic carbocycles. The van der Waals surface area contributed by atoms with Crippen LogP contribution in [0, 0.1) is 11.3 Å². The summed E-state index contributed by atoms with van der Waals surface area (Å²) in [5.41, 5.74) is 5.58. The van der Waals surface area contributed by atoms with E-state index in [1.807, 2.05) is 0 Å². The molecule has 0 aromatic carbocycles. The number of carbonyl (C=O) groups is 1. The van der Waals surface area contributed by atoms with Crippen LogP contribution in [0.5, 0.6) is 0 Å². The maximum Gasteiger partial charge on any atom is 0.223 e. The minimum Gasteiger partial charge on any atom is -0.393 e. The lowest BCUT2D eigenvalue weighted by Gasteiger charge is -2.37. The lowest BCUT2D eigenvalue weighted by atomic mass is 9.68. The molecule has 1 unspecified atom stereocenters. The highest BCUT2D eigenvalue weighted by Gasteiger charge is 2.36. The highest BCUT2D eigenvalue weighted by Crippen LogP contribution is 2.40. The SMILES string of the molecule is CC1(C)CCCCC1C(=O)NCCCCC(N)=S. The van der Waals surface area contributed by atoms with E-state index in [1.54, 1.807) is 0 Å². The first kappa shape index (κ1) is 15.4. The molecule has 0 spiro atoms. The van der Waals surface area contributed by atoms with E-state index in [9.17, 15) is 4.79 Å². The molecule has 0 bridgehead atoms. The van der Waals surface area contributed by atoms with Crippen molar-refractivity contribution in [1.29, 1.82) is 0 Å². The molecule has 1 amide bonds. The van der Waals surface area contributed by atoms with Crippen LogP contribution in [0.1, 0.15) is 58.8 Å². The van der Waals surface area contributed by atoms with Crippen LogP contribution in [0.4, 0.5) is 0 Å². The Hall–Kier alpha value is -0.640. The summed E-state index contributed by atoms with van der Waals surface area (Å²) < 4.78 is 0. The van der Waals surface area contributed by atoms with Crippen molar-refractivity contribution < 1.29 is 4.79 Å². The standard InChI is InChI=1S/C14H26N2OS/c1-14(2)9-5-3-7-11(14)13(17)16-10-6-4-8-12(15)18/h11H,3-10H2,1-2H3,(H2,15,18)(H,16,17). The lowest BCUT2D eigenvalue weighted by molar-refractivity contribution is -0.130. The third-order valence-electron chi connectivity index (χ3n) is 3.97. The number of rotatable bonds is 6. The average Bonchev–Trinajstić information content (AvgIpc) is 2.27. The number of thiocarbonyl (C=S) groups is 1. The molecule has 0 saturated heterocycles. The Balaban J connectivity index is 2.25. The van der Waals surface area contributed by atoms with E-state index in [-0.39, 0.29) is 17.2 Å². The molecule has 3 N–H and O–H groups in total. The highest BCUT2D eigenvalue weighted by atomic mass is 32.1.